The van der Waals surface area contributed by atoms with Crippen LogP contribution in [-0.2, 0) is 13.0 Å². The van der Waals surface area contributed by atoms with E-state index in [-0.39, 0.29) is 5.91 Å². The lowest BCUT2D eigenvalue weighted by Crippen LogP contribution is -2.14. The molecule has 0 atom stereocenters. The summed E-state index contributed by atoms with van der Waals surface area (Å²) >= 11 is 0. The third-order valence-electron chi connectivity index (χ3n) is 4.21. The Morgan fingerprint density at radius 2 is 2.00 bits per heavy atom. The molecule has 2 aromatic heterocycles. The molecule has 0 aliphatic carbocycles. The number of nitrogens with one attached hydrogen (secondary N) is 1. The molecule has 1 aromatic carbocycles. The van der Waals surface area contributed by atoms with E-state index in [1.807, 2.05) is 48.9 Å². The van der Waals surface area contributed by atoms with Gasteiger partial charge in [0.15, 0.2) is 0 Å². The number of benzene rings is 1. The molecule has 0 spiro atoms. The van der Waals surface area contributed by atoms with Crippen LogP contribution in [-0.4, -0.2) is 20.7 Å². The van der Waals surface area contributed by atoms with Crippen molar-refractivity contribution in [1.29, 1.82) is 0 Å². The fraction of sp³-hybridized carbons (Fsp3) is 0.250. The van der Waals surface area contributed by atoms with E-state index in [1.165, 1.54) is 0 Å². The van der Waals surface area contributed by atoms with Crippen LogP contribution in [0.2, 0.25) is 0 Å². The second-order valence-electron chi connectivity index (χ2n) is 6.14. The Morgan fingerprint density at radius 3 is 2.65 bits per heavy atom. The van der Waals surface area contributed by atoms with E-state index < -0.39 is 0 Å². The maximum Gasteiger partial charge on any atom is 0.256 e. The van der Waals surface area contributed by atoms with Crippen molar-refractivity contribution < 1.29 is 4.79 Å². The molecule has 0 saturated heterocycles. The zero-order chi connectivity index (χ0) is 18.7. The lowest BCUT2D eigenvalue weighted by Gasteiger charge is -2.10. The molecule has 0 aliphatic heterocycles. The van der Waals surface area contributed by atoms with Crippen LogP contribution in [0.4, 0.5) is 11.6 Å². The highest BCUT2D eigenvalue weighted by molar-refractivity contribution is 6.04. The highest BCUT2D eigenvalue weighted by atomic mass is 16.1. The van der Waals surface area contributed by atoms with Crippen LogP contribution < -0.4 is 11.1 Å². The number of rotatable bonds is 5. The van der Waals surface area contributed by atoms with Crippen LogP contribution >= 0.6 is 0 Å². The lowest BCUT2D eigenvalue weighted by atomic mass is 10.1. The molecule has 0 aliphatic rings. The number of carbonyl (C=O) groups excluding carboxylic acids is 1. The number of aryl methyl sites for hydroxylation is 3. The minimum Gasteiger partial charge on any atom is -0.383 e. The molecule has 0 fully saturated rings. The minimum absolute atomic E-state index is 0.208. The molecule has 0 radical (unpaired) electrons. The van der Waals surface area contributed by atoms with Crippen molar-refractivity contribution >= 4 is 17.5 Å². The van der Waals surface area contributed by atoms with Gasteiger partial charge in [0.2, 0.25) is 0 Å². The van der Waals surface area contributed by atoms with E-state index in [1.54, 1.807) is 12.1 Å². The quantitative estimate of drug-likeness (QED) is 0.736. The molecular weight excluding hydrogens is 326 g/mol. The Morgan fingerprint density at radius 1 is 1.19 bits per heavy atom. The van der Waals surface area contributed by atoms with Gasteiger partial charge in [-0.3, -0.25) is 9.48 Å². The first-order chi connectivity index (χ1) is 12.5. The number of amides is 1. The van der Waals surface area contributed by atoms with Gasteiger partial charge in [-0.2, -0.15) is 5.10 Å². The highest BCUT2D eigenvalue weighted by Crippen LogP contribution is 2.27. The van der Waals surface area contributed by atoms with Crippen LogP contribution in [0.1, 0.15) is 35.5 Å². The predicted octanol–water partition coefficient (Wildman–Crippen LogP) is 3.67. The van der Waals surface area contributed by atoms with Gasteiger partial charge in [-0.25, -0.2) is 4.98 Å². The summed E-state index contributed by atoms with van der Waals surface area (Å²) in [6, 6.07) is 13.1. The van der Waals surface area contributed by atoms with Crippen molar-refractivity contribution in [3.05, 3.63) is 59.3 Å². The van der Waals surface area contributed by atoms with Crippen LogP contribution in [0.3, 0.4) is 0 Å². The number of pyridine rings is 1. The van der Waals surface area contributed by atoms with E-state index in [0.717, 1.165) is 35.5 Å². The molecule has 6 heteroatoms. The summed E-state index contributed by atoms with van der Waals surface area (Å²) in [6.07, 6.45) is 0.859. The fourth-order valence-electron chi connectivity index (χ4n) is 2.84. The summed E-state index contributed by atoms with van der Waals surface area (Å²) in [5.74, 6) is 0.584. The summed E-state index contributed by atoms with van der Waals surface area (Å²) in [6.45, 7) is 6.80. The molecule has 0 bridgehead atoms. The monoisotopic (exact) mass is 349 g/mol. The first kappa shape index (κ1) is 17.7. The first-order valence-electron chi connectivity index (χ1n) is 8.73. The fourth-order valence-corrected chi connectivity index (χ4v) is 2.84. The second-order valence-corrected chi connectivity index (χ2v) is 6.14. The topological polar surface area (TPSA) is 85.8 Å². The largest absolute Gasteiger partial charge is 0.383 e. The Balaban J connectivity index is 1.86. The van der Waals surface area contributed by atoms with Gasteiger partial charge in [0, 0.05) is 17.7 Å². The number of hydrogen-bond acceptors (Lipinski definition) is 4. The lowest BCUT2D eigenvalue weighted by molar-refractivity contribution is 0.102. The van der Waals surface area contributed by atoms with Crippen molar-refractivity contribution in [1.82, 2.24) is 14.8 Å². The summed E-state index contributed by atoms with van der Waals surface area (Å²) in [5.41, 5.74) is 10.5. The van der Waals surface area contributed by atoms with Gasteiger partial charge >= 0.3 is 0 Å². The standard InChI is InChI=1S/C20H23N5O/c1-4-15-12-17(25(5-2)24-15)16-9-10-18(22-19(16)21)23-20(26)14-8-6-7-13(3)11-14/h6-12H,4-5H2,1-3H3,(H3,21,22,23,26). The normalized spacial score (nSPS) is 10.7. The van der Waals surface area contributed by atoms with Gasteiger partial charge < -0.3 is 11.1 Å². The van der Waals surface area contributed by atoms with E-state index in [9.17, 15) is 4.79 Å². The van der Waals surface area contributed by atoms with Crippen LogP contribution in [0, 0.1) is 6.92 Å². The number of carbonyl (C=O) groups is 1. The Bertz CT molecular complexity index is 945. The molecule has 3 rings (SSSR count). The number of nitrogen functional groups attached to an aromatic ring is 1. The Kier molecular flexibility index (Phi) is 5.02. The number of nitrogens with zero attached hydrogens (tertiary/aromatic N) is 3. The van der Waals surface area contributed by atoms with Crippen LogP contribution in [0.5, 0.6) is 0 Å². The van der Waals surface area contributed by atoms with Gasteiger partial charge in [0.1, 0.15) is 11.6 Å². The Hall–Kier alpha value is -3.15. The molecule has 1 amide bonds. The third kappa shape index (κ3) is 3.59. The summed E-state index contributed by atoms with van der Waals surface area (Å²) in [7, 11) is 0. The van der Waals surface area contributed by atoms with Crippen molar-refractivity contribution in [2.75, 3.05) is 11.1 Å². The Labute approximate surface area is 153 Å². The molecule has 3 N–H and O–H groups in total. The summed E-state index contributed by atoms with van der Waals surface area (Å²) < 4.78 is 1.91. The SMILES string of the molecule is CCc1cc(-c2ccc(NC(=O)c3cccc(C)c3)nc2N)n(CC)n1. The van der Waals surface area contributed by atoms with Crippen molar-refractivity contribution in [3.63, 3.8) is 0 Å². The smallest absolute Gasteiger partial charge is 0.256 e. The molecule has 2 heterocycles. The second kappa shape index (κ2) is 7.39. The zero-order valence-corrected chi connectivity index (χ0v) is 15.3. The molecule has 26 heavy (non-hydrogen) atoms. The predicted molar refractivity (Wildman–Crippen MR) is 104 cm³/mol. The van der Waals surface area contributed by atoms with E-state index in [4.69, 9.17) is 5.73 Å². The molecular formula is C20H23N5O. The minimum atomic E-state index is -0.208. The zero-order valence-electron chi connectivity index (χ0n) is 15.3. The maximum absolute atomic E-state index is 12.4. The van der Waals surface area contributed by atoms with Gasteiger partial charge in [0.05, 0.1) is 11.4 Å². The number of nitrogens with two attached hydrogens (primary N) is 1. The van der Waals surface area contributed by atoms with Crippen molar-refractivity contribution in [2.45, 2.75) is 33.7 Å². The average Bonchev–Trinajstić information content (AvgIpc) is 3.05. The average molecular weight is 349 g/mol. The summed E-state index contributed by atoms with van der Waals surface area (Å²) in [4.78, 5) is 16.7. The van der Waals surface area contributed by atoms with Gasteiger partial charge in [-0.15, -0.1) is 0 Å². The van der Waals surface area contributed by atoms with Gasteiger partial charge in [0.25, 0.3) is 5.91 Å². The molecule has 134 valence electrons. The van der Waals surface area contributed by atoms with Crippen LogP contribution in [0.25, 0.3) is 11.3 Å². The van der Waals surface area contributed by atoms with E-state index in [0.29, 0.717) is 17.2 Å². The van der Waals surface area contributed by atoms with Crippen molar-refractivity contribution in [2.24, 2.45) is 0 Å². The van der Waals surface area contributed by atoms with Gasteiger partial charge in [-0.1, -0.05) is 24.6 Å². The maximum atomic E-state index is 12.4. The van der Waals surface area contributed by atoms with Gasteiger partial charge in [-0.05, 0) is 50.6 Å². The first-order valence-corrected chi connectivity index (χ1v) is 8.73. The van der Waals surface area contributed by atoms with E-state index in [2.05, 4.69) is 22.3 Å². The van der Waals surface area contributed by atoms with E-state index >= 15 is 0 Å². The highest BCUT2D eigenvalue weighted by Gasteiger charge is 2.14. The molecule has 6 nitrogen and oxygen atoms in total. The number of hydrogen-bond donors (Lipinski definition) is 2. The molecule has 0 saturated carbocycles. The van der Waals surface area contributed by atoms with Crippen molar-refractivity contribution in [3.8, 4) is 11.3 Å². The van der Waals surface area contributed by atoms with Crippen LogP contribution in [0.15, 0.2) is 42.5 Å². The number of aromatic nitrogens is 3. The number of anilines is 2. The molecule has 0 unspecified atom stereocenters. The summed E-state index contributed by atoms with van der Waals surface area (Å²) in [5, 5.41) is 7.34. The molecule has 3 aromatic rings. The third-order valence-corrected chi connectivity index (χ3v) is 4.21.